The van der Waals surface area contributed by atoms with Gasteiger partial charge in [-0.05, 0) is 42.5 Å². The number of fused-ring (bicyclic) bond motifs is 1. The van der Waals surface area contributed by atoms with E-state index < -0.39 is 5.82 Å². The monoisotopic (exact) mass is 550 g/mol. The maximum Gasteiger partial charge on any atom is 0.256 e. The molecule has 11 heteroatoms. The summed E-state index contributed by atoms with van der Waals surface area (Å²) in [6.45, 7) is 1.93. The Bertz CT molecular complexity index is 1500. The van der Waals surface area contributed by atoms with Crippen LogP contribution in [0.4, 0.5) is 15.8 Å². The first-order valence-electron chi connectivity index (χ1n) is 11.8. The Balaban J connectivity index is 1.24. The Labute approximate surface area is 226 Å². The van der Waals surface area contributed by atoms with Gasteiger partial charge < -0.3 is 20.3 Å². The molecule has 2 N–H and O–H groups in total. The van der Waals surface area contributed by atoms with Gasteiger partial charge in [0.05, 0.1) is 46.0 Å². The van der Waals surface area contributed by atoms with Gasteiger partial charge in [0.25, 0.3) is 11.8 Å². The van der Waals surface area contributed by atoms with Gasteiger partial charge in [0.15, 0.2) is 4.34 Å². The van der Waals surface area contributed by atoms with E-state index in [1.165, 1.54) is 35.2 Å². The average molecular weight is 551 g/mol. The number of carbonyl (C=O) groups excluding carboxylic acids is 3. The molecule has 1 fully saturated rings. The largest absolute Gasteiger partial charge is 0.378 e. The highest BCUT2D eigenvalue weighted by Crippen LogP contribution is 2.31. The summed E-state index contributed by atoms with van der Waals surface area (Å²) in [4.78, 5) is 44.6. The molecule has 1 aliphatic rings. The smallest absolute Gasteiger partial charge is 0.256 e. The number of aromatic nitrogens is 1. The van der Waals surface area contributed by atoms with Crippen LogP contribution in [0.15, 0.2) is 71.1 Å². The van der Waals surface area contributed by atoms with Gasteiger partial charge in [-0.1, -0.05) is 36.0 Å². The lowest BCUT2D eigenvalue weighted by Gasteiger charge is -2.27. The van der Waals surface area contributed by atoms with Crippen molar-refractivity contribution >= 4 is 62.4 Å². The van der Waals surface area contributed by atoms with Gasteiger partial charge in [-0.3, -0.25) is 14.4 Å². The van der Waals surface area contributed by atoms with Crippen LogP contribution in [-0.2, 0) is 9.53 Å². The highest BCUT2D eigenvalue weighted by molar-refractivity contribution is 8.01. The van der Waals surface area contributed by atoms with Crippen LogP contribution in [-0.4, -0.2) is 59.7 Å². The molecule has 1 saturated heterocycles. The van der Waals surface area contributed by atoms with Crippen LogP contribution >= 0.6 is 23.1 Å². The summed E-state index contributed by atoms with van der Waals surface area (Å²) in [5.41, 5.74) is 2.07. The summed E-state index contributed by atoms with van der Waals surface area (Å²) in [6.07, 6.45) is 0. The highest BCUT2D eigenvalue weighted by Gasteiger charge is 2.23. The van der Waals surface area contributed by atoms with E-state index in [1.54, 1.807) is 59.5 Å². The molecule has 2 heterocycles. The van der Waals surface area contributed by atoms with Crippen LogP contribution in [0.3, 0.4) is 0 Å². The molecule has 8 nitrogen and oxygen atoms in total. The second-order valence-corrected chi connectivity index (χ2v) is 10.6. The van der Waals surface area contributed by atoms with E-state index in [2.05, 4.69) is 15.6 Å². The number of ether oxygens (including phenoxy) is 1. The molecule has 0 bridgehead atoms. The van der Waals surface area contributed by atoms with E-state index in [0.29, 0.717) is 47.5 Å². The van der Waals surface area contributed by atoms with Crippen LogP contribution in [0.5, 0.6) is 0 Å². The fraction of sp³-hybridized carbons (Fsp3) is 0.185. The molecule has 194 valence electrons. The molecule has 0 spiro atoms. The third-order valence-electron chi connectivity index (χ3n) is 5.80. The molecule has 3 aromatic carbocycles. The number of rotatable bonds is 7. The SMILES string of the molecule is O=C(CSc1nc2ccc(NC(=O)c3ccccc3C(=O)N3CCOCC3)cc2s1)Nc1ccccc1F. The molecular formula is C27H23FN4O4S2. The lowest BCUT2D eigenvalue weighted by Crippen LogP contribution is -2.41. The Hall–Kier alpha value is -3.80. The molecule has 1 aliphatic heterocycles. The zero-order chi connectivity index (χ0) is 26.5. The number of morpholine rings is 1. The van der Waals surface area contributed by atoms with Crippen LogP contribution in [0, 0.1) is 5.82 Å². The number of nitrogens with zero attached hydrogens (tertiary/aromatic N) is 2. The number of halogens is 1. The van der Waals surface area contributed by atoms with E-state index in [-0.39, 0.29) is 29.2 Å². The second-order valence-electron chi connectivity index (χ2n) is 8.38. The van der Waals surface area contributed by atoms with Crippen molar-refractivity contribution in [3.63, 3.8) is 0 Å². The van der Waals surface area contributed by atoms with E-state index in [1.807, 2.05) is 0 Å². The molecule has 1 aromatic heterocycles. The number of benzene rings is 3. The molecule has 0 saturated carbocycles. The number of hydrogen-bond donors (Lipinski definition) is 2. The number of hydrogen-bond acceptors (Lipinski definition) is 7. The van der Waals surface area contributed by atoms with E-state index >= 15 is 0 Å². The topological polar surface area (TPSA) is 101 Å². The van der Waals surface area contributed by atoms with Gasteiger partial charge in [-0.2, -0.15) is 0 Å². The van der Waals surface area contributed by atoms with Crippen molar-refractivity contribution in [2.45, 2.75) is 4.34 Å². The van der Waals surface area contributed by atoms with Crippen LogP contribution < -0.4 is 10.6 Å². The molecule has 3 amide bonds. The molecule has 0 aliphatic carbocycles. The predicted octanol–water partition coefficient (Wildman–Crippen LogP) is 4.89. The average Bonchev–Trinajstić information content (AvgIpc) is 3.35. The van der Waals surface area contributed by atoms with Crippen molar-refractivity contribution in [2.24, 2.45) is 0 Å². The summed E-state index contributed by atoms with van der Waals surface area (Å²) in [6, 6.07) is 18.1. The lowest BCUT2D eigenvalue weighted by molar-refractivity contribution is -0.113. The van der Waals surface area contributed by atoms with Gasteiger partial charge in [-0.25, -0.2) is 9.37 Å². The van der Waals surface area contributed by atoms with Gasteiger partial charge in [0, 0.05) is 18.8 Å². The van der Waals surface area contributed by atoms with E-state index in [9.17, 15) is 18.8 Å². The van der Waals surface area contributed by atoms with Crippen LogP contribution in [0.2, 0.25) is 0 Å². The summed E-state index contributed by atoms with van der Waals surface area (Å²) in [5, 5.41) is 5.43. The summed E-state index contributed by atoms with van der Waals surface area (Å²) in [5.74, 6) is -1.33. The van der Waals surface area contributed by atoms with Crippen molar-refractivity contribution in [1.82, 2.24) is 9.88 Å². The van der Waals surface area contributed by atoms with Crippen molar-refractivity contribution in [3.8, 4) is 0 Å². The molecule has 4 aromatic rings. The van der Waals surface area contributed by atoms with Gasteiger partial charge in [0.1, 0.15) is 5.82 Å². The number of amides is 3. The lowest BCUT2D eigenvalue weighted by atomic mass is 10.0. The third-order valence-corrected chi connectivity index (χ3v) is 7.96. The molecule has 38 heavy (non-hydrogen) atoms. The van der Waals surface area contributed by atoms with Crippen molar-refractivity contribution in [3.05, 3.63) is 83.7 Å². The minimum atomic E-state index is -0.492. The number of thioether (sulfide) groups is 1. The number of anilines is 2. The van der Waals surface area contributed by atoms with Crippen molar-refractivity contribution in [2.75, 3.05) is 42.7 Å². The predicted molar refractivity (Wildman–Crippen MR) is 146 cm³/mol. The van der Waals surface area contributed by atoms with Gasteiger partial charge in [-0.15, -0.1) is 11.3 Å². The summed E-state index contributed by atoms with van der Waals surface area (Å²) < 4.78 is 20.6. The summed E-state index contributed by atoms with van der Waals surface area (Å²) in [7, 11) is 0. The maximum atomic E-state index is 13.8. The number of carbonyl (C=O) groups is 3. The zero-order valence-corrected chi connectivity index (χ0v) is 21.7. The Morgan fingerprint density at radius 2 is 1.71 bits per heavy atom. The highest BCUT2D eigenvalue weighted by atomic mass is 32.2. The first-order valence-corrected chi connectivity index (χ1v) is 13.6. The molecule has 0 atom stereocenters. The minimum absolute atomic E-state index is 0.0751. The fourth-order valence-electron chi connectivity index (χ4n) is 3.92. The Morgan fingerprint density at radius 1 is 0.974 bits per heavy atom. The fourth-order valence-corrected chi connectivity index (χ4v) is 5.83. The van der Waals surface area contributed by atoms with E-state index in [4.69, 9.17) is 4.74 Å². The normalized spacial score (nSPS) is 13.3. The Kier molecular flexibility index (Phi) is 7.97. The van der Waals surface area contributed by atoms with Crippen molar-refractivity contribution in [1.29, 1.82) is 0 Å². The molecule has 0 radical (unpaired) electrons. The minimum Gasteiger partial charge on any atom is -0.378 e. The number of nitrogens with one attached hydrogen (secondary N) is 2. The standard InChI is InChI=1S/C27H23FN4O4S2/c28-20-7-3-4-8-21(20)30-24(33)16-37-27-31-22-10-9-17(15-23(22)38-27)29-25(34)18-5-1-2-6-19(18)26(35)32-11-13-36-14-12-32/h1-10,15H,11-14,16H2,(H,29,34)(H,30,33). The first kappa shape index (κ1) is 25.8. The summed E-state index contributed by atoms with van der Waals surface area (Å²) >= 11 is 2.64. The van der Waals surface area contributed by atoms with Crippen molar-refractivity contribution < 1.29 is 23.5 Å². The third kappa shape index (κ3) is 6.01. The Morgan fingerprint density at radius 3 is 2.50 bits per heavy atom. The quantitative estimate of drug-likeness (QED) is 0.318. The van der Waals surface area contributed by atoms with Crippen LogP contribution in [0.1, 0.15) is 20.7 Å². The first-order chi connectivity index (χ1) is 18.5. The van der Waals surface area contributed by atoms with E-state index in [0.717, 1.165) is 10.2 Å². The number of thiazole rings is 1. The second kappa shape index (κ2) is 11.7. The van der Waals surface area contributed by atoms with Gasteiger partial charge in [0.2, 0.25) is 5.91 Å². The maximum absolute atomic E-state index is 13.8. The molecule has 5 rings (SSSR count). The number of para-hydroxylation sites is 1. The zero-order valence-electron chi connectivity index (χ0n) is 20.1. The molecule has 0 unspecified atom stereocenters. The molecular weight excluding hydrogens is 527 g/mol. The van der Waals surface area contributed by atoms with Crippen LogP contribution in [0.25, 0.3) is 10.2 Å². The van der Waals surface area contributed by atoms with Gasteiger partial charge >= 0.3 is 0 Å².